The second-order valence-electron chi connectivity index (χ2n) is 3.80. The van der Waals surface area contributed by atoms with Gasteiger partial charge >= 0.3 is 5.97 Å². The lowest BCUT2D eigenvalue weighted by atomic mass is 10.1. The van der Waals surface area contributed by atoms with Gasteiger partial charge in [-0.15, -0.1) is 11.3 Å². The molecule has 5 nitrogen and oxygen atoms in total. The number of benzene rings is 1. The van der Waals surface area contributed by atoms with Crippen LogP contribution in [0.15, 0.2) is 18.2 Å². The van der Waals surface area contributed by atoms with Gasteiger partial charge in [0.2, 0.25) is 5.01 Å². The number of aryl methyl sites for hydroxylation is 1. The summed E-state index contributed by atoms with van der Waals surface area (Å²) < 4.78 is 10.4. The van der Waals surface area contributed by atoms with Crippen molar-refractivity contribution in [1.82, 2.24) is 4.98 Å². The maximum Gasteiger partial charge on any atom is 0.365 e. The molecule has 100 valence electrons. The Hall–Kier alpha value is -2.08. The van der Waals surface area contributed by atoms with E-state index in [2.05, 4.69) is 4.98 Å². The molecule has 0 radical (unpaired) electrons. The average Bonchev–Trinajstić information content (AvgIpc) is 2.80. The monoisotopic (exact) mass is 279 g/mol. The molecule has 0 unspecified atom stereocenters. The number of aromatic nitrogens is 1. The summed E-state index contributed by atoms with van der Waals surface area (Å²) in [4.78, 5) is 15.9. The minimum Gasteiger partial charge on any atom is -0.493 e. The highest BCUT2D eigenvalue weighted by molar-refractivity contribution is 7.13. The topological polar surface area (TPSA) is 68.7 Å². The zero-order valence-corrected chi connectivity index (χ0v) is 11.6. The lowest BCUT2D eigenvalue weighted by Gasteiger charge is -2.08. The van der Waals surface area contributed by atoms with Crippen molar-refractivity contribution < 1.29 is 19.4 Å². The lowest BCUT2D eigenvalue weighted by molar-refractivity contribution is 0.0696. The summed E-state index contributed by atoms with van der Waals surface area (Å²) in [6, 6.07) is 5.38. The summed E-state index contributed by atoms with van der Waals surface area (Å²) in [7, 11) is 3.12. The second kappa shape index (κ2) is 5.27. The van der Waals surface area contributed by atoms with E-state index >= 15 is 0 Å². The summed E-state index contributed by atoms with van der Waals surface area (Å²) in [6.45, 7) is 1.84. The van der Waals surface area contributed by atoms with Crippen LogP contribution < -0.4 is 9.47 Å². The highest BCUT2D eigenvalue weighted by Gasteiger charge is 2.16. The van der Waals surface area contributed by atoms with Crippen LogP contribution in [0.3, 0.4) is 0 Å². The standard InChI is InChI=1S/C13H13NO4S/c1-7-11(14-12(19-7)13(15)16)8-4-5-9(17-2)10(6-8)18-3/h4-6H,1-3H3,(H,15,16). The highest BCUT2D eigenvalue weighted by atomic mass is 32.1. The van der Waals surface area contributed by atoms with E-state index in [1.165, 1.54) is 0 Å². The van der Waals surface area contributed by atoms with Gasteiger partial charge in [-0.1, -0.05) is 0 Å². The molecule has 0 aliphatic heterocycles. The van der Waals surface area contributed by atoms with Crippen molar-refractivity contribution in [2.45, 2.75) is 6.92 Å². The van der Waals surface area contributed by atoms with E-state index in [-0.39, 0.29) is 5.01 Å². The Morgan fingerprint density at radius 1 is 1.26 bits per heavy atom. The van der Waals surface area contributed by atoms with E-state index in [1.807, 2.05) is 13.0 Å². The Labute approximate surface area is 114 Å². The van der Waals surface area contributed by atoms with Crippen molar-refractivity contribution >= 4 is 17.3 Å². The molecule has 0 spiro atoms. The summed E-state index contributed by atoms with van der Waals surface area (Å²) in [5.41, 5.74) is 1.46. The van der Waals surface area contributed by atoms with Crippen LogP contribution in [0.2, 0.25) is 0 Å². The minimum atomic E-state index is -1.01. The van der Waals surface area contributed by atoms with Crippen LogP contribution in [0.1, 0.15) is 14.7 Å². The highest BCUT2D eigenvalue weighted by Crippen LogP contribution is 2.34. The first-order chi connectivity index (χ1) is 9.06. The van der Waals surface area contributed by atoms with Crippen LogP contribution in [0.25, 0.3) is 11.3 Å². The molecule has 2 aromatic rings. The number of rotatable bonds is 4. The minimum absolute atomic E-state index is 0.0854. The second-order valence-corrected chi connectivity index (χ2v) is 5.00. The molecule has 19 heavy (non-hydrogen) atoms. The van der Waals surface area contributed by atoms with E-state index in [4.69, 9.17) is 14.6 Å². The summed E-state index contributed by atoms with van der Waals surface area (Å²) in [5.74, 6) is 0.196. The van der Waals surface area contributed by atoms with E-state index in [1.54, 1.807) is 26.4 Å². The van der Waals surface area contributed by atoms with E-state index in [0.717, 1.165) is 21.8 Å². The van der Waals surface area contributed by atoms with E-state index in [0.29, 0.717) is 17.2 Å². The number of carboxylic acids is 1. The third-order valence-corrected chi connectivity index (χ3v) is 3.60. The number of aromatic carboxylic acids is 1. The number of methoxy groups -OCH3 is 2. The molecule has 1 aromatic heterocycles. The molecule has 0 fully saturated rings. The molecule has 1 aromatic carbocycles. The van der Waals surface area contributed by atoms with Crippen molar-refractivity contribution in [3.8, 4) is 22.8 Å². The largest absolute Gasteiger partial charge is 0.493 e. The zero-order chi connectivity index (χ0) is 14.0. The predicted octanol–water partition coefficient (Wildman–Crippen LogP) is 2.83. The molecule has 0 saturated carbocycles. The quantitative estimate of drug-likeness (QED) is 0.932. The molecule has 0 bridgehead atoms. The van der Waals surface area contributed by atoms with Crippen molar-refractivity contribution in [3.05, 3.63) is 28.1 Å². The molecule has 0 aliphatic rings. The van der Waals surface area contributed by atoms with Crippen LogP contribution in [0, 0.1) is 6.92 Å². The van der Waals surface area contributed by atoms with Gasteiger partial charge in [0, 0.05) is 10.4 Å². The van der Waals surface area contributed by atoms with Crippen LogP contribution in [-0.2, 0) is 0 Å². The summed E-state index contributed by atoms with van der Waals surface area (Å²) in [6.07, 6.45) is 0. The molecule has 6 heteroatoms. The van der Waals surface area contributed by atoms with Gasteiger partial charge in [0.25, 0.3) is 0 Å². The Kier molecular flexibility index (Phi) is 3.71. The summed E-state index contributed by atoms with van der Waals surface area (Å²) >= 11 is 1.16. The maximum absolute atomic E-state index is 10.9. The fourth-order valence-electron chi connectivity index (χ4n) is 1.74. The first-order valence-corrected chi connectivity index (χ1v) is 6.31. The first-order valence-electron chi connectivity index (χ1n) is 5.50. The fourth-order valence-corrected chi connectivity index (χ4v) is 2.51. The van der Waals surface area contributed by atoms with Crippen LogP contribution >= 0.6 is 11.3 Å². The van der Waals surface area contributed by atoms with Gasteiger partial charge < -0.3 is 14.6 Å². The molecule has 0 atom stereocenters. The fraction of sp³-hybridized carbons (Fsp3) is 0.231. The summed E-state index contributed by atoms with van der Waals surface area (Å²) in [5, 5.41) is 9.04. The number of hydrogen-bond acceptors (Lipinski definition) is 5. The average molecular weight is 279 g/mol. The molecular weight excluding hydrogens is 266 g/mol. The van der Waals surface area contributed by atoms with E-state index in [9.17, 15) is 4.79 Å². The van der Waals surface area contributed by atoms with Gasteiger partial charge in [0.15, 0.2) is 11.5 Å². The number of nitrogens with zero attached hydrogens (tertiary/aromatic N) is 1. The van der Waals surface area contributed by atoms with Crippen molar-refractivity contribution in [1.29, 1.82) is 0 Å². The smallest absolute Gasteiger partial charge is 0.365 e. The van der Waals surface area contributed by atoms with Gasteiger partial charge in [0.1, 0.15) is 0 Å². The molecular formula is C13H13NO4S. The van der Waals surface area contributed by atoms with Gasteiger partial charge in [0.05, 0.1) is 19.9 Å². The number of ether oxygens (including phenoxy) is 2. The number of carbonyl (C=O) groups is 1. The molecule has 0 aliphatic carbocycles. The molecule has 1 N–H and O–H groups in total. The Bertz CT molecular complexity index is 621. The third kappa shape index (κ3) is 2.53. The normalized spacial score (nSPS) is 10.3. The molecule has 0 saturated heterocycles. The Balaban J connectivity index is 2.50. The van der Waals surface area contributed by atoms with Crippen LogP contribution in [0.5, 0.6) is 11.5 Å². The Morgan fingerprint density at radius 2 is 1.95 bits per heavy atom. The number of carboxylic acid groups (broad SMARTS) is 1. The Morgan fingerprint density at radius 3 is 2.47 bits per heavy atom. The van der Waals surface area contributed by atoms with Crippen molar-refractivity contribution in [2.24, 2.45) is 0 Å². The maximum atomic E-state index is 10.9. The van der Waals surface area contributed by atoms with Gasteiger partial charge in [-0.3, -0.25) is 0 Å². The third-order valence-electron chi connectivity index (χ3n) is 2.64. The molecule has 2 rings (SSSR count). The first kappa shape index (κ1) is 13.4. The zero-order valence-electron chi connectivity index (χ0n) is 10.8. The van der Waals surface area contributed by atoms with E-state index < -0.39 is 5.97 Å². The molecule has 1 heterocycles. The molecule has 0 amide bonds. The van der Waals surface area contributed by atoms with Gasteiger partial charge in [-0.25, -0.2) is 9.78 Å². The predicted molar refractivity (Wildman–Crippen MR) is 72.4 cm³/mol. The lowest BCUT2D eigenvalue weighted by Crippen LogP contribution is -1.95. The number of hydrogen-bond donors (Lipinski definition) is 1. The number of thiazole rings is 1. The van der Waals surface area contributed by atoms with Crippen molar-refractivity contribution in [2.75, 3.05) is 14.2 Å². The van der Waals surface area contributed by atoms with Gasteiger partial charge in [-0.2, -0.15) is 0 Å². The van der Waals surface area contributed by atoms with Gasteiger partial charge in [-0.05, 0) is 25.1 Å². The van der Waals surface area contributed by atoms with Crippen LogP contribution in [0.4, 0.5) is 0 Å². The SMILES string of the molecule is COc1ccc(-c2nc(C(=O)O)sc2C)cc1OC. The van der Waals surface area contributed by atoms with Crippen molar-refractivity contribution in [3.63, 3.8) is 0 Å². The van der Waals surface area contributed by atoms with Crippen LogP contribution in [-0.4, -0.2) is 30.3 Å².